The number of aliphatic hydroxyl groups is 1. The van der Waals surface area contributed by atoms with Crippen molar-refractivity contribution in [3.8, 4) is 0 Å². The van der Waals surface area contributed by atoms with Crippen molar-refractivity contribution in [1.82, 2.24) is 0 Å². The van der Waals surface area contributed by atoms with Gasteiger partial charge in [-0.25, -0.2) is 0 Å². The normalized spacial score (nSPS) is 40.1. The van der Waals surface area contributed by atoms with Crippen LogP contribution in [0.4, 0.5) is 0 Å². The van der Waals surface area contributed by atoms with E-state index in [0.29, 0.717) is 37.4 Å². The summed E-state index contributed by atoms with van der Waals surface area (Å²) in [5.74, 6) is 3.24. The fourth-order valence-corrected chi connectivity index (χ4v) is 6.60. The Kier molecular flexibility index (Phi) is 8.10. The van der Waals surface area contributed by atoms with Crippen LogP contribution in [0.1, 0.15) is 90.4 Å². The molecular formula is C25H42O5. The minimum absolute atomic E-state index is 0.0945. The lowest BCUT2D eigenvalue weighted by Gasteiger charge is -2.40. The molecule has 0 aromatic rings. The van der Waals surface area contributed by atoms with Crippen molar-refractivity contribution in [3.05, 3.63) is 0 Å². The summed E-state index contributed by atoms with van der Waals surface area (Å²) in [5.41, 5.74) is 0. The van der Waals surface area contributed by atoms with Crippen molar-refractivity contribution < 1.29 is 24.1 Å². The van der Waals surface area contributed by atoms with E-state index in [1.54, 1.807) is 0 Å². The van der Waals surface area contributed by atoms with Crippen molar-refractivity contribution in [3.63, 3.8) is 0 Å². The SMILES string of the molecule is CC(CCC(=O)OCC1COC(C2CC3CCCC(C3)C2)O1)CC1CCCC(O)C1. The molecule has 7 atom stereocenters. The average molecular weight is 423 g/mol. The van der Waals surface area contributed by atoms with Crippen molar-refractivity contribution in [1.29, 1.82) is 0 Å². The van der Waals surface area contributed by atoms with E-state index in [1.807, 2.05) is 0 Å². The van der Waals surface area contributed by atoms with Crippen LogP contribution < -0.4 is 0 Å². The minimum Gasteiger partial charge on any atom is -0.463 e. The third-order valence-electron chi connectivity index (χ3n) is 8.08. The van der Waals surface area contributed by atoms with Gasteiger partial charge >= 0.3 is 5.97 Å². The van der Waals surface area contributed by atoms with Crippen molar-refractivity contribution in [2.75, 3.05) is 13.2 Å². The van der Waals surface area contributed by atoms with E-state index >= 15 is 0 Å². The molecule has 4 fully saturated rings. The number of carbonyl (C=O) groups excluding carboxylic acids is 1. The van der Waals surface area contributed by atoms with E-state index in [1.165, 1.54) is 44.9 Å². The van der Waals surface area contributed by atoms with Gasteiger partial charge in [0, 0.05) is 12.3 Å². The summed E-state index contributed by atoms with van der Waals surface area (Å²) in [7, 11) is 0. The second kappa shape index (κ2) is 10.8. The molecule has 5 nitrogen and oxygen atoms in total. The van der Waals surface area contributed by atoms with E-state index in [9.17, 15) is 9.90 Å². The lowest BCUT2D eigenvalue weighted by molar-refractivity contribution is -0.151. The van der Waals surface area contributed by atoms with E-state index < -0.39 is 0 Å². The Morgan fingerprint density at radius 3 is 2.60 bits per heavy atom. The predicted molar refractivity (Wildman–Crippen MR) is 115 cm³/mol. The molecule has 0 amide bonds. The van der Waals surface area contributed by atoms with Crippen LogP contribution in [0, 0.1) is 29.6 Å². The Labute approximate surface area is 182 Å². The van der Waals surface area contributed by atoms with Gasteiger partial charge < -0.3 is 19.3 Å². The second-order valence-electron chi connectivity index (χ2n) is 10.8. The monoisotopic (exact) mass is 422 g/mol. The lowest BCUT2D eigenvalue weighted by atomic mass is 9.68. The van der Waals surface area contributed by atoms with Crippen LogP contribution in [-0.4, -0.2) is 42.8 Å². The standard InChI is InChI=1S/C25H42O5/c1-17(10-18-6-3-7-22(26)14-18)8-9-24(27)28-15-23-16-29-25(30-23)21-12-19-4-2-5-20(11-19)13-21/h17-23,25-26H,2-16H2,1H3. The molecule has 0 radical (unpaired) electrons. The summed E-state index contributed by atoms with van der Waals surface area (Å²) in [6.07, 6.45) is 14.4. The summed E-state index contributed by atoms with van der Waals surface area (Å²) in [4.78, 5) is 12.2. The molecule has 0 aromatic heterocycles. The Morgan fingerprint density at radius 2 is 1.83 bits per heavy atom. The number of aliphatic hydroxyl groups excluding tert-OH is 1. The van der Waals surface area contributed by atoms with E-state index in [0.717, 1.165) is 43.9 Å². The highest BCUT2D eigenvalue weighted by Crippen LogP contribution is 2.45. The second-order valence-corrected chi connectivity index (χ2v) is 10.8. The molecule has 172 valence electrons. The average Bonchev–Trinajstić information content (AvgIpc) is 3.20. The van der Waals surface area contributed by atoms with Crippen molar-refractivity contribution in [2.24, 2.45) is 29.6 Å². The van der Waals surface area contributed by atoms with Gasteiger partial charge in [0.05, 0.1) is 12.7 Å². The lowest BCUT2D eigenvalue weighted by Crippen LogP contribution is -2.34. The van der Waals surface area contributed by atoms with Gasteiger partial charge in [-0.15, -0.1) is 0 Å². The molecule has 1 heterocycles. The zero-order valence-electron chi connectivity index (χ0n) is 18.8. The molecular weight excluding hydrogens is 380 g/mol. The van der Waals surface area contributed by atoms with Gasteiger partial charge in [-0.3, -0.25) is 4.79 Å². The third kappa shape index (κ3) is 6.43. The van der Waals surface area contributed by atoms with Gasteiger partial charge in [-0.1, -0.05) is 39.0 Å². The zero-order valence-corrected chi connectivity index (χ0v) is 18.8. The number of esters is 1. The highest BCUT2D eigenvalue weighted by molar-refractivity contribution is 5.69. The van der Waals surface area contributed by atoms with Gasteiger partial charge in [-0.05, 0) is 68.6 Å². The fourth-order valence-electron chi connectivity index (χ4n) is 6.60. The zero-order chi connectivity index (χ0) is 20.9. The van der Waals surface area contributed by atoms with E-state index in [4.69, 9.17) is 14.2 Å². The summed E-state index contributed by atoms with van der Waals surface area (Å²) in [6, 6.07) is 0. The number of carbonyl (C=O) groups is 1. The number of hydrogen-bond acceptors (Lipinski definition) is 5. The van der Waals surface area contributed by atoms with Crippen LogP contribution >= 0.6 is 0 Å². The van der Waals surface area contributed by atoms with Crippen molar-refractivity contribution >= 4 is 5.97 Å². The molecule has 2 bridgehead atoms. The largest absolute Gasteiger partial charge is 0.463 e. The first kappa shape index (κ1) is 22.5. The first-order chi connectivity index (χ1) is 14.5. The molecule has 7 unspecified atom stereocenters. The van der Waals surface area contributed by atoms with Crippen LogP contribution in [-0.2, 0) is 19.0 Å². The molecule has 3 saturated carbocycles. The Morgan fingerprint density at radius 1 is 1.07 bits per heavy atom. The van der Waals surface area contributed by atoms with E-state index in [2.05, 4.69) is 6.92 Å². The molecule has 0 aromatic carbocycles. The molecule has 4 aliphatic rings. The van der Waals surface area contributed by atoms with Gasteiger partial charge in [0.1, 0.15) is 12.7 Å². The number of ether oxygens (including phenoxy) is 3. The van der Waals surface area contributed by atoms with E-state index in [-0.39, 0.29) is 24.5 Å². The maximum atomic E-state index is 12.2. The Balaban J connectivity index is 1.10. The summed E-state index contributed by atoms with van der Waals surface area (Å²) >= 11 is 0. The first-order valence-corrected chi connectivity index (χ1v) is 12.7. The van der Waals surface area contributed by atoms with Crippen LogP contribution in [0.15, 0.2) is 0 Å². The number of fused-ring (bicyclic) bond motifs is 2. The molecule has 4 rings (SSSR count). The fraction of sp³-hybridized carbons (Fsp3) is 0.960. The molecule has 1 N–H and O–H groups in total. The van der Waals surface area contributed by atoms with Crippen LogP contribution in [0.3, 0.4) is 0 Å². The maximum Gasteiger partial charge on any atom is 0.305 e. The summed E-state index contributed by atoms with van der Waals surface area (Å²) < 4.78 is 17.6. The van der Waals surface area contributed by atoms with Gasteiger partial charge in [-0.2, -0.15) is 0 Å². The molecule has 5 heteroatoms. The highest BCUT2D eigenvalue weighted by atomic mass is 16.7. The van der Waals surface area contributed by atoms with Crippen LogP contribution in [0.2, 0.25) is 0 Å². The molecule has 0 spiro atoms. The predicted octanol–water partition coefficient (Wildman–Crippen LogP) is 4.85. The maximum absolute atomic E-state index is 12.2. The van der Waals surface area contributed by atoms with Gasteiger partial charge in [0.25, 0.3) is 0 Å². The van der Waals surface area contributed by atoms with Gasteiger partial charge in [0.2, 0.25) is 0 Å². The minimum atomic E-state index is -0.121. The number of rotatable bonds is 8. The van der Waals surface area contributed by atoms with Crippen LogP contribution in [0.25, 0.3) is 0 Å². The summed E-state index contributed by atoms with van der Waals surface area (Å²) in [5, 5.41) is 9.83. The quantitative estimate of drug-likeness (QED) is 0.567. The number of hydrogen-bond donors (Lipinski definition) is 1. The molecule has 1 aliphatic heterocycles. The molecule has 30 heavy (non-hydrogen) atoms. The highest BCUT2D eigenvalue weighted by Gasteiger charge is 2.40. The smallest absolute Gasteiger partial charge is 0.305 e. The van der Waals surface area contributed by atoms with Crippen molar-refractivity contribution in [2.45, 2.75) is 109 Å². The van der Waals surface area contributed by atoms with Gasteiger partial charge in [0.15, 0.2) is 6.29 Å². The Hall–Kier alpha value is -0.650. The third-order valence-corrected chi connectivity index (χ3v) is 8.08. The summed E-state index contributed by atoms with van der Waals surface area (Å²) in [6.45, 7) is 3.08. The molecule has 3 aliphatic carbocycles. The first-order valence-electron chi connectivity index (χ1n) is 12.7. The Bertz CT molecular complexity index is 540. The van der Waals surface area contributed by atoms with Crippen LogP contribution in [0.5, 0.6) is 0 Å². The topological polar surface area (TPSA) is 65.0 Å². The molecule has 1 saturated heterocycles.